The smallest absolute Gasteiger partial charge is 0.164 e. The van der Waals surface area contributed by atoms with Crippen LogP contribution < -0.4 is 0 Å². The van der Waals surface area contributed by atoms with E-state index in [0.29, 0.717) is 17.5 Å². The van der Waals surface area contributed by atoms with Gasteiger partial charge in [-0.15, -0.1) is 0 Å². The fourth-order valence-electron chi connectivity index (χ4n) is 7.45. The molecule has 0 unspecified atom stereocenters. The minimum atomic E-state index is 0.606. The minimum absolute atomic E-state index is 0.606. The lowest BCUT2D eigenvalue weighted by Crippen LogP contribution is -2.00. The first-order chi connectivity index (χ1) is 25.8. The van der Waals surface area contributed by atoms with Crippen molar-refractivity contribution in [1.29, 1.82) is 0 Å². The summed E-state index contributed by atoms with van der Waals surface area (Å²) in [5.74, 6) is 1.87. The number of aromatic nitrogens is 3. The van der Waals surface area contributed by atoms with Crippen LogP contribution in [0.4, 0.5) is 0 Å². The third kappa shape index (κ3) is 5.21. The van der Waals surface area contributed by atoms with Gasteiger partial charge in [0.1, 0.15) is 11.2 Å². The van der Waals surface area contributed by atoms with Gasteiger partial charge in [-0.2, -0.15) is 0 Å². The molecular weight excluding hydrogens is 635 g/mol. The van der Waals surface area contributed by atoms with E-state index in [1.807, 2.05) is 72.8 Å². The molecule has 0 radical (unpaired) electrons. The molecule has 0 bridgehead atoms. The summed E-state index contributed by atoms with van der Waals surface area (Å²) in [4.78, 5) is 15.0. The van der Waals surface area contributed by atoms with Crippen LogP contribution in [0.1, 0.15) is 17.5 Å². The number of nitrogens with zero attached hydrogens (tertiary/aromatic N) is 3. The lowest BCUT2D eigenvalue weighted by atomic mass is 9.91. The molecule has 1 aliphatic carbocycles. The van der Waals surface area contributed by atoms with Crippen LogP contribution in [0.5, 0.6) is 0 Å². The third-order valence-electron chi connectivity index (χ3n) is 9.93. The van der Waals surface area contributed by atoms with Crippen LogP contribution >= 0.6 is 0 Å². The summed E-state index contributed by atoms with van der Waals surface area (Å²) in [7, 11) is 0. The Labute approximate surface area is 300 Å². The summed E-state index contributed by atoms with van der Waals surface area (Å²) in [6.07, 6.45) is 9.99. The van der Waals surface area contributed by atoms with Crippen molar-refractivity contribution in [2.24, 2.45) is 0 Å². The fourth-order valence-corrected chi connectivity index (χ4v) is 7.45. The monoisotopic (exact) mass is 665 g/mol. The number of allylic oxidation sites excluding steroid dienone is 6. The number of rotatable bonds is 5. The highest BCUT2D eigenvalue weighted by atomic mass is 16.3. The minimum Gasteiger partial charge on any atom is -0.456 e. The summed E-state index contributed by atoms with van der Waals surface area (Å²) in [5.41, 5.74) is 9.11. The fraction of sp³-hybridized carbons (Fsp3) is 0.0208. The Morgan fingerprint density at radius 2 is 1.12 bits per heavy atom. The van der Waals surface area contributed by atoms with E-state index in [1.165, 1.54) is 38.3 Å². The van der Waals surface area contributed by atoms with Crippen molar-refractivity contribution in [1.82, 2.24) is 15.0 Å². The second-order valence-electron chi connectivity index (χ2n) is 13.1. The van der Waals surface area contributed by atoms with E-state index >= 15 is 0 Å². The van der Waals surface area contributed by atoms with Gasteiger partial charge in [0.15, 0.2) is 17.5 Å². The van der Waals surface area contributed by atoms with E-state index in [-0.39, 0.29) is 0 Å². The van der Waals surface area contributed by atoms with Crippen LogP contribution in [0, 0.1) is 0 Å². The molecule has 0 atom stereocenters. The number of furan rings is 1. The first-order valence-electron chi connectivity index (χ1n) is 17.6. The van der Waals surface area contributed by atoms with E-state index in [2.05, 4.69) is 103 Å². The van der Waals surface area contributed by atoms with Crippen molar-refractivity contribution in [3.8, 4) is 34.2 Å². The molecule has 0 saturated heterocycles. The highest BCUT2D eigenvalue weighted by molar-refractivity contribution is 6.14. The van der Waals surface area contributed by atoms with E-state index in [9.17, 15) is 0 Å². The SMILES string of the molecule is C1=CC(c2cc3ccccc3c3ccccc23)=CC(c2ccc3oc4cccc(-c5nc(-c6ccccc6)nc(-c6ccccc6)n5)c4c3c2)=CC1. The molecule has 0 aliphatic heterocycles. The summed E-state index contributed by atoms with van der Waals surface area (Å²) >= 11 is 0. The van der Waals surface area contributed by atoms with Gasteiger partial charge in [0, 0.05) is 27.5 Å². The molecular formula is C48H31N3O. The maximum atomic E-state index is 6.47. The van der Waals surface area contributed by atoms with Crippen LogP contribution in [0.3, 0.4) is 0 Å². The Hall–Kier alpha value is -6.91. The van der Waals surface area contributed by atoms with E-state index in [0.717, 1.165) is 50.6 Å². The summed E-state index contributed by atoms with van der Waals surface area (Å²) in [5, 5.41) is 7.04. The Morgan fingerprint density at radius 1 is 0.442 bits per heavy atom. The van der Waals surface area contributed by atoms with Crippen LogP contribution in [0.2, 0.25) is 0 Å². The standard InChI is InChI=1S/C48H31N3O/c1-3-14-31(15-4-1)46-49-47(32-16-5-2-6-17-32)51-48(50-46)40-24-13-25-44-45(40)42-29-34(26-27-43(42)52-44)33-18-7-8-19-35(28-33)41-30-36-20-9-10-21-37(36)38-22-11-12-23-39(38)41/h1-6,8-30H,7H2. The maximum absolute atomic E-state index is 6.47. The summed E-state index contributed by atoms with van der Waals surface area (Å²) in [6, 6.07) is 52.5. The van der Waals surface area contributed by atoms with Crippen molar-refractivity contribution in [3.63, 3.8) is 0 Å². The molecule has 4 heteroatoms. The molecule has 244 valence electrons. The number of hydrogen-bond acceptors (Lipinski definition) is 4. The van der Waals surface area contributed by atoms with Crippen molar-refractivity contribution >= 4 is 54.6 Å². The normalized spacial score (nSPS) is 13.1. The van der Waals surface area contributed by atoms with Gasteiger partial charge in [-0.1, -0.05) is 146 Å². The quantitative estimate of drug-likeness (QED) is 0.172. The molecule has 2 aromatic heterocycles. The van der Waals surface area contributed by atoms with E-state index < -0.39 is 0 Å². The highest BCUT2D eigenvalue weighted by Gasteiger charge is 2.19. The average Bonchev–Trinajstić information content (AvgIpc) is 3.41. The molecule has 52 heavy (non-hydrogen) atoms. The van der Waals surface area contributed by atoms with Gasteiger partial charge in [-0.25, -0.2) is 15.0 Å². The molecule has 1 aliphatic rings. The first kappa shape index (κ1) is 30.0. The number of benzene rings is 7. The largest absolute Gasteiger partial charge is 0.456 e. The van der Waals surface area contributed by atoms with Gasteiger partial charge in [-0.05, 0) is 80.6 Å². The van der Waals surface area contributed by atoms with Crippen molar-refractivity contribution in [2.45, 2.75) is 6.42 Å². The zero-order chi connectivity index (χ0) is 34.4. The van der Waals surface area contributed by atoms with Crippen molar-refractivity contribution < 1.29 is 4.42 Å². The van der Waals surface area contributed by atoms with Gasteiger partial charge >= 0.3 is 0 Å². The van der Waals surface area contributed by atoms with E-state index in [1.54, 1.807) is 0 Å². The highest BCUT2D eigenvalue weighted by Crippen LogP contribution is 2.40. The van der Waals surface area contributed by atoms with Gasteiger partial charge in [0.05, 0.1) is 0 Å². The third-order valence-corrected chi connectivity index (χ3v) is 9.93. The molecule has 10 rings (SSSR count). The predicted octanol–water partition coefficient (Wildman–Crippen LogP) is 12.5. The lowest BCUT2D eigenvalue weighted by molar-refractivity contribution is 0.669. The molecule has 2 heterocycles. The first-order valence-corrected chi connectivity index (χ1v) is 17.6. The lowest BCUT2D eigenvalue weighted by Gasteiger charge is -2.12. The van der Waals surface area contributed by atoms with E-state index in [4.69, 9.17) is 19.4 Å². The van der Waals surface area contributed by atoms with Crippen LogP contribution in [0.15, 0.2) is 180 Å². The van der Waals surface area contributed by atoms with Gasteiger partial charge in [0.25, 0.3) is 0 Å². The maximum Gasteiger partial charge on any atom is 0.164 e. The molecule has 4 nitrogen and oxygen atoms in total. The Morgan fingerprint density at radius 3 is 1.88 bits per heavy atom. The predicted molar refractivity (Wildman–Crippen MR) is 215 cm³/mol. The van der Waals surface area contributed by atoms with Crippen LogP contribution in [0.25, 0.3) is 88.8 Å². The Balaban J connectivity index is 1.13. The van der Waals surface area contributed by atoms with Crippen molar-refractivity contribution in [2.75, 3.05) is 0 Å². The van der Waals surface area contributed by atoms with Crippen LogP contribution in [-0.4, -0.2) is 15.0 Å². The second kappa shape index (κ2) is 12.4. The van der Waals surface area contributed by atoms with Crippen molar-refractivity contribution in [3.05, 3.63) is 187 Å². The van der Waals surface area contributed by atoms with Gasteiger partial charge in [-0.3, -0.25) is 0 Å². The molecule has 0 saturated carbocycles. The number of fused-ring (bicyclic) bond motifs is 6. The molecule has 0 spiro atoms. The Bertz CT molecular complexity index is 2860. The molecule has 0 amide bonds. The van der Waals surface area contributed by atoms with Crippen LogP contribution in [-0.2, 0) is 0 Å². The zero-order valence-corrected chi connectivity index (χ0v) is 28.2. The topological polar surface area (TPSA) is 51.8 Å². The van der Waals surface area contributed by atoms with Gasteiger partial charge < -0.3 is 4.42 Å². The summed E-state index contributed by atoms with van der Waals surface area (Å²) in [6.45, 7) is 0. The zero-order valence-electron chi connectivity index (χ0n) is 28.2. The molecule has 0 N–H and O–H groups in total. The molecule has 0 fully saturated rings. The van der Waals surface area contributed by atoms with Gasteiger partial charge in [0.2, 0.25) is 0 Å². The Kier molecular flexibility index (Phi) is 7.17. The summed E-state index contributed by atoms with van der Waals surface area (Å²) < 4.78 is 6.47. The number of hydrogen-bond donors (Lipinski definition) is 0. The molecule has 7 aromatic carbocycles. The second-order valence-corrected chi connectivity index (χ2v) is 13.1. The average molecular weight is 666 g/mol. The molecule has 9 aromatic rings.